The van der Waals surface area contributed by atoms with Gasteiger partial charge in [-0.2, -0.15) is 9.65 Å². The van der Waals surface area contributed by atoms with Crippen LogP contribution in [0.3, 0.4) is 0 Å². The Morgan fingerprint density at radius 3 is 2.73 bits per heavy atom. The van der Waals surface area contributed by atoms with Crippen molar-refractivity contribution in [3.05, 3.63) is 59.2 Å². The van der Waals surface area contributed by atoms with Gasteiger partial charge in [0.15, 0.2) is 5.95 Å². The molecule has 1 amide bonds. The number of nitrogens with one attached hydrogen (secondary N) is 1. The number of benzene rings is 1. The standard InChI is InChI=1S/C31H36FN7O2/c1-4-28(40)37-12-14-38(15-13-37)30-22-9-11-39(29-20(2)7-8-25-23(29)16-27(32)34-25)18-26(22)35-31(24(30)17-33)41-19-21-6-5-10-36(21)3/h4,7-8,16,21,34H,1,5-6,9-15,18-19H2,2-3H3. The van der Waals surface area contributed by atoms with Gasteiger partial charge < -0.3 is 29.3 Å². The summed E-state index contributed by atoms with van der Waals surface area (Å²) in [6, 6.07) is 8.19. The number of carbonyl (C=O) groups is 1. The molecule has 0 saturated carbocycles. The normalized spacial score (nSPS) is 19.4. The number of aromatic nitrogens is 2. The number of halogens is 1. The maximum atomic E-state index is 14.2. The number of anilines is 2. The molecular formula is C31H36FN7O2. The van der Waals surface area contributed by atoms with Crippen LogP contribution in [0, 0.1) is 24.2 Å². The van der Waals surface area contributed by atoms with Crippen LogP contribution in [0.4, 0.5) is 15.8 Å². The summed E-state index contributed by atoms with van der Waals surface area (Å²) in [5.41, 5.74) is 6.09. The Labute approximate surface area is 239 Å². The van der Waals surface area contributed by atoms with E-state index in [1.165, 1.54) is 6.08 Å². The van der Waals surface area contributed by atoms with Gasteiger partial charge in [-0.1, -0.05) is 12.6 Å². The molecule has 41 heavy (non-hydrogen) atoms. The molecule has 3 aliphatic heterocycles. The third-order valence-electron chi connectivity index (χ3n) is 8.83. The molecule has 1 N–H and O–H groups in total. The third kappa shape index (κ3) is 4.99. The van der Waals surface area contributed by atoms with Crippen LogP contribution in [-0.2, 0) is 17.8 Å². The minimum absolute atomic E-state index is 0.0759. The molecule has 3 aliphatic rings. The highest BCUT2D eigenvalue weighted by Crippen LogP contribution is 2.40. The summed E-state index contributed by atoms with van der Waals surface area (Å²) in [5, 5.41) is 11.3. The summed E-state index contributed by atoms with van der Waals surface area (Å²) >= 11 is 0. The first-order chi connectivity index (χ1) is 19.9. The van der Waals surface area contributed by atoms with Gasteiger partial charge in [0, 0.05) is 67.0 Å². The number of likely N-dealkylation sites (N-methyl/N-ethyl adjacent to an activating group) is 1. The highest BCUT2D eigenvalue weighted by atomic mass is 19.1. The van der Waals surface area contributed by atoms with Crippen molar-refractivity contribution >= 4 is 28.2 Å². The Bertz CT molecular complexity index is 1540. The first kappa shape index (κ1) is 27.1. The van der Waals surface area contributed by atoms with E-state index in [0.717, 1.165) is 58.5 Å². The van der Waals surface area contributed by atoms with Crippen LogP contribution in [0.1, 0.15) is 35.2 Å². The van der Waals surface area contributed by atoms with E-state index in [4.69, 9.17) is 9.72 Å². The topological polar surface area (TPSA) is 91.7 Å². The molecule has 1 atom stereocenters. The number of hydrogen-bond acceptors (Lipinski definition) is 7. The zero-order valence-corrected chi connectivity index (χ0v) is 23.7. The average molecular weight is 558 g/mol. The Balaban J connectivity index is 1.38. The number of fused-ring (bicyclic) bond motifs is 2. The number of rotatable bonds is 6. The van der Waals surface area contributed by atoms with E-state index in [-0.39, 0.29) is 17.9 Å². The van der Waals surface area contributed by atoms with Crippen LogP contribution in [0.15, 0.2) is 30.9 Å². The Kier molecular flexibility index (Phi) is 7.30. The zero-order chi connectivity index (χ0) is 28.7. The van der Waals surface area contributed by atoms with Gasteiger partial charge in [0.1, 0.15) is 18.2 Å². The molecule has 1 unspecified atom stereocenters. The number of nitrogens with zero attached hydrogens (tertiary/aromatic N) is 6. The first-order valence-electron chi connectivity index (χ1n) is 14.4. The van der Waals surface area contributed by atoms with Gasteiger partial charge in [0.25, 0.3) is 0 Å². The molecule has 2 aromatic heterocycles. The monoisotopic (exact) mass is 557 g/mol. The number of aryl methyl sites for hydroxylation is 1. The van der Waals surface area contributed by atoms with Crippen molar-refractivity contribution < 1.29 is 13.9 Å². The second-order valence-corrected chi connectivity index (χ2v) is 11.3. The largest absolute Gasteiger partial charge is 0.475 e. The highest BCUT2D eigenvalue weighted by Gasteiger charge is 2.32. The number of amides is 1. The number of hydrogen-bond donors (Lipinski definition) is 1. The van der Waals surface area contributed by atoms with Crippen molar-refractivity contribution in [2.45, 2.75) is 38.8 Å². The molecule has 10 heteroatoms. The summed E-state index contributed by atoms with van der Waals surface area (Å²) in [6.07, 6.45) is 4.22. The number of carbonyl (C=O) groups excluding carboxylic acids is 1. The minimum Gasteiger partial charge on any atom is -0.475 e. The molecule has 3 aromatic rings. The summed E-state index contributed by atoms with van der Waals surface area (Å²) in [5.74, 6) is -0.0615. The van der Waals surface area contributed by atoms with Gasteiger partial charge in [-0.05, 0) is 57.5 Å². The summed E-state index contributed by atoms with van der Waals surface area (Å²) in [4.78, 5) is 28.6. The highest BCUT2D eigenvalue weighted by molar-refractivity contribution is 5.94. The molecule has 0 radical (unpaired) electrons. The van der Waals surface area contributed by atoms with Crippen molar-refractivity contribution in [2.24, 2.45) is 0 Å². The molecule has 9 nitrogen and oxygen atoms in total. The number of piperazine rings is 1. The number of ether oxygens (including phenoxy) is 1. The molecule has 5 heterocycles. The van der Waals surface area contributed by atoms with Crippen molar-refractivity contribution in [3.8, 4) is 11.9 Å². The van der Waals surface area contributed by atoms with E-state index in [2.05, 4.69) is 39.4 Å². The average Bonchev–Trinajstić information content (AvgIpc) is 3.58. The molecule has 1 aromatic carbocycles. The number of pyridine rings is 1. The zero-order valence-electron chi connectivity index (χ0n) is 23.7. The van der Waals surface area contributed by atoms with Gasteiger partial charge >= 0.3 is 0 Å². The molecule has 214 valence electrons. The molecule has 6 rings (SSSR count). The molecule has 0 spiro atoms. The summed E-state index contributed by atoms with van der Waals surface area (Å²) in [7, 11) is 2.10. The quantitative estimate of drug-likeness (QED) is 0.462. The minimum atomic E-state index is -0.357. The van der Waals surface area contributed by atoms with Crippen LogP contribution >= 0.6 is 0 Å². The molecule has 0 aliphatic carbocycles. The number of aromatic amines is 1. The maximum absolute atomic E-state index is 14.2. The van der Waals surface area contributed by atoms with Gasteiger partial charge in [0.05, 0.1) is 17.9 Å². The predicted molar refractivity (Wildman–Crippen MR) is 157 cm³/mol. The van der Waals surface area contributed by atoms with Crippen molar-refractivity contribution in [1.82, 2.24) is 19.8 Å². The lowest BCUT2D eigenvalue weighted by atomic mass is 9.97. The smallest absolute Gasteiger partial charge is 0.246 e. The van der Waals surface area contributed by atoms with Gasteiger partial charge in [-0.15, -0.1) is 0 Å². The maximum Gasteiger partial charge on any atom is 0.246 e. The second kappa shape index (κ2) is 11.1. The van der Waals surface area contributed by atoms with Crippen molar-refractivity contribution in [3.63, 3.8) is 0 Å². The number of likely N-dealkylation sites (tertiary alicyclic amines) is 1. The second-order valence-electron chi connectivity index (χ2n) is 11.3. The van der Waals surface area contributed by atoms with E-state index in [1.54, 1.807) is 11.0 Å². The van der Waals surface area contributed by atoms with E-state index in [1.807, 2.05) is 19.1 Å². The van der Waals surface area contributed by atoms with E-state index in [9.17, 15) is 14.4 Å². The summed E-state index contributed by atoms with van der Waals surface area (Å²) in [6.45, 7) is 10.8. The predicted octanol–water partition coefficient (Wildman–Crippen LogP) is 3.75. The van der Waals surface area contributed by atoms with Crippen molar-refractivity contribution in [1.29, 1.82) is 5.26 Å². The van der Waals surface area contributed by atoms with Gasteiger partial charge in [-0.3, -0.25) is 4.79 Å². The molecule has 2 fully saturated rings. The molecule has 2 saturated heterocycles. The van der Waals surface area contributed by atoms with Crippen LogP contribution in [0.25, 0.3) is 10.9 Å². The fourth-order valence-electron chi connectivity index (χ4n) is 6.61. The lowest BCUT2D eigenvalue weighted by Gasteiger charge is -2.39. The Morgan fingerprint density at radius 1 is 1.22 bits per heavy atom. The van der Waals surface area contributed by atoms with Crippen LogP contribution in [0.2, 0.25) is 0 Å². The van der Waals surface area contributed by atoms with E-state index >= 15 is 0 Å². The number of H-pyrrole nitrogens is 1. The SMILES string of the molecule is C=CC(=O)N1CCN(c2c(C#N)c(OCC3CCCN3C)nc3c2CCN(c2c(C)ccc4[nH]c(F)cc24)C3)CC1. The van der Waals surface area contributed by atoms with Gasteiger partial charge in [-0.25, -0.2) is 4.98 Å². The van der Waals surface area contributed by atoms with Crippen LogP contribution in [-0.4, -0.2) is 84.6 Å². The Hall–Kier alpha value is -4.10. The lowest BCUT2D eigenvalue weighted by molar-refractivity contribution is -0.126. The first-order valence-corrected chi connectivity index (χ1v) is 14.4. The number of nitriles is 1. The molecule has 0 bridgehead atoms. The summed E-state index contributed by atoms with van der Waals surface area (Å²) < 4.78 is 20.5. The lowest BCUT2D eigenvalue weighted by Crippen LogP contribution is -2.49. The fourth-order valence-corrected chi connectivity index (χ4v) is 6.61. The van der Waals surface area contributed by atoms with Crippen LogP contribution in [0.5, 0.6) is 5.88 Å². The molecular weight excluding hydrogens is 521 g/mol. The van der Waals surface area contributed by atoms with Crippen LogP contribution < -0.4 is 14.5 Å². The van der Waals surface area contributed by atoms with E-state index in [0.29, 0.717) is 63.7 Å². The Morgan fingerprint density at radius 2 is 2.02 bits per heavy atom. The third-order valence-corrected chi connectivity index (χ3v) is 8.83. The van der Waals surface area contributed by atoms with E-state index < -0.39 is 0 Å². The van der Waals surface area contributed by atoms with Crippen molar-refractivity contribution in [2.75, 3.05) is 62.7 Å². The van der Waals surface area contributed by atoms with Gasteiger partial charge in [0.2, 0.25) is 11.8 Å². The fraction of sp³-hybridized carbons (Fsp3) is 0.452.